The number of amides is 2. The van der Waals surface area contributed by atoms with Crippen LogP contribution in [0.2, 0.25) is 0 Å². The van der Waals surface area contributed by atoms with Gasteiger partial charge in [-0.1, -0.05) is 0 Å². The zero-order valence-electron chi connectivity index (χ0n) is 15.2. The van der Waals surface area contributed by atoms with Gasteiger partial charge in [-0.15, -0.1) is 33.7 Å². The second-order valence-electron chi connectivity index (χ2n) is 6.51. The number of β-lactam (4-membered cyclic amide) rings is 1. The van der Waals surface area contributed by atoms with Crippen molar-refractivity contribution in [1.82, 2.24) is 30.4 Å². The summed E-state index contributed by atoms with van der Waals surface area (Å²) in [6, 6.07) is -0.775. The molecule has 3 aliphatic heterocycles. The summed E-state index contributed by atoms with van der Waals surface area (Å²) in [7, 11) is 0. The van der Waals surface area contributed by atoms with E-state index >= 15 is 0 Å². The molecule has 0 radical (unpaired) electrons. The van der Waals surface area contributed by atoms with E-state index in [9.17, 15) is 19.5 Å². The average molecular weight is 436 g/mol. The molecule has 12 nitrogen and oxygen atoms in total. The number of nitrogens with zero attached hydrogens (tertiary/aromatic N) is 7. The molecule has 2 amide bonds. The van der Waals surface area contributed by atoms with Gasteiger partial charge in [0.2, 0.25) is 5.91 Å². The van der Waals surface area contributed by atoms with E-state index in [4.69, 9.17) is 0 Å². The number of hydrogen-bond acceptors (Lipinski definition) is 10. The van der Waals surface area contributed by atoms with Crippen LogP contribution in [0, 0.1) is 0 Å². The maximum Gasteiger partial charge on any atom is 0.352 e. The fourth-order valence-electron chi connectivity index (χ4n) is 3.09. The van der Waals surface area contributed by atoms with Gasteiger partial charge in [0.25, 0.3) is 5.91 Å². The summed E-state index contributed by atoms with van der Waals surface area (Å²) in [4.78, 5) is 37.8. The molecule has 0 saturated carbocycles. The van der Waals surface area contributed by atoms with Crippen molar-refractivity contribution < 1.29 is 19.5 Å². The molecule has 1 fully saturated rings. The molecule has 0 aromatic carbocycles. The van der Waals surface area contributed by atoms with Gasteiger partial charge < -0.3 is 10.4 Å². The number of carboxylic acids is 1. The standard InChI is InChI=1S/C15H16N8O4S2/c1-7-2-10(19-18-7)28-4-8-5-29-14-11(13(25)23(14)12(8)15(26)27)17-9(24)3-22-6-16-20-21-22/h6,11,14H,2-5H2,1H3,(H,17,24)(H,26,27). The second-order valence-corrected chi connectivity index (χ2v) is 8.67. The zero-order chi connectivity index (χ0) is 20.5. The van der Waals surface area contributed by atoms with Crippen LogP contribution in [0.4, 0.5) is 0 Å². The average Bonchev–Trinajstić information content (AvgIpc) is 3.35. The first-order valence-electron chi connectivity index (χ1n) is 8.57. The highest BCUT2D eigenvalue weighted by atomic mass is 32.2. The fourth-order valence-corrected chi connectivity index (χ4v) is 5.56. The Labute approximate surface area is 172 Å². The van der Waals surface area contributed by atoms with Crippen LogP contribution in [0.3, 0.4) is 0 Å². The van der Waals surface area contributed by atoms with Crippen LogP contribution in [0.1, 0.15) is 13.3 Å². The molecule has 1 aromatic rings. The number of carbonyl (C=O) groups is 3. The van der Waals surface area contributed by atoms with E-state index in [2.05, 4.69) is 31.0 Å². The number of thioether (sulfide) groups is 2. The number of aromatic nitrogens is 4. The lowest BCUT2D eigenvalue weighted by Crippen LogP contribution is -2.70. The molecule has 2 unspecified atom stereocenters. The molecule has 0 bridgehead atoms. The first kappa shape index (κ1) is 19.6. The first-order chi connectivity index (χ1) is 13.9. The molecule has 0 spiro atoms. The Morgan fingerprint density at radius 1 is 1.41 bits per heavy atom. The van der Waals surface area contributed by atoms with E-state index in [0.29, 0.717) is 23.5 Å². The molecular formula is C15H16N8O4S2. The van der Waals surface area contributed by atoms with Crippen LogP contribution in [0.15, 0.2) is 27.8 Å². The van der Waals surface area contributed by atoms with Crippen molar-refractivity contribution in [2.45, 2.75) is 31.3 Å². The Morgan fingerprint density at radius 2 is 2.24 bits per heavy atom. The smallest absolute Gasteiger partial charge is 0.352 e. The lowest BCUT2D eigenvalue weighted by atomic mass is 10.0. The van der Waals surface area contributed by atoms with Crippen LogP contribution < -0.4 is 5.32 Å². The molecule has 0 aliphatic carbocycles. The van der Waals surface area contributed by atoms with Gasteiger partial charge >= 0.3 is 5.97 Å². The third kappa shape index (κ3) is 3.89. The largest absolute Gasteiger partial charge is 0.477 e. The molecule has 1 saturated heterocycles. The van der Waals surface area contributed by atoms with E-state index in [1.165, 1.54) is 39.4 Å². The lowest BCUT2D eigenvalue weighted by Gasteiger charge is -2.49. The van der Waals surface area contributed by atoms with Crippen molar-refractivity contribution in [3.05, 3.63) is 17.6 Å². The fraction of sp³-hybridized carbons (Fsp3) is 0.467. The highest BCUT2D eigenvalue weighted by Gasteiger charge is 2.54. The minimum Gasteiger partial charge on any atom is -0.477 e. The van der Waals surface area contributed by atoms with E-state index in [-0.39, 0.29) is 12.2 Å². The third-order valence-electron chi connectivity index (χ3n) is 4.42. The van der Waals surface area contributed by atoms with Crippen molar-refractivity contribution in [2.75, 3.05) is 11.5 Å². The van der Waals surface area contributed by atoms with Gasteiger partial charge in [-0.2, -0.15) is 5.10 Å². The van der Waals surface area contributed by atoms with Crippen LogP contribution in [0.25, 0.3) is 0 Å². The van der Waals surface area contributed by atoms with Gasteiger partial charge in [-0.25, -0.2) is 9.48 Å². The van der Waals surface area contributed by atoms with Crippen molar-refractivity contribution in [3.8, 4) is 0 Å². The highest BCUT2D eigenvalue weighted by Crippen LogP contribution is 2.41. The quantitative estimate of drug-likeness (QED) is 0.552. The lowest BCUT2D eigenvalue weighted by molar-refractivity contribution is -0.150. The number of aliphatic carboxylic acids is 1. The van der Waals surface area contributed by atoms with Gasteiger partial charge in [-0.3, -0.25) is 14.5 Å². The Kier molecular flexibility index (Phi) is 5.36. The Balaban J connectivity index is 1.41. The maximum absolute atomic E-state index is 12.6. The molecule has 1 aromatic heterocycles. The molecule has 4 heterocycles. The second kappa shape index (κ2) is 7.94. The van der Waals surface area contributed by atoms with Gasteiger partial charge in [0.1, 0.15) is 35.0 Å². The molecule has 29 heavy (non-hydrogen) atoms. The van der Waals surface area contributed by atoms with E-state index in [1.807, 2.05) is 6.92 Å². The molecular weight excluding hydrogens is 420 g/mol. The van der Waals surface area contributed by atoms with E-state index in [0.717, 1.165) is 10.8 Å². The summed E-state index contributed by atoms with van der Waals surface area (Å²) in [5.41, 5.74) is 1.56. The van der Waals surface area contributed by atoms with Gasteiger partial charge in [0, 0.05) is 23.6 Å². The van der Waals surface area contributed by atoms with Crippen molar-refractivity contribution in [2.24, 2.45) is 10.2 Å². The molecule has 2 atom stereocenters. The Morgan fingerprint density at radius 3 is 2.90 bits per heavy atom. The van der Waals surface area contributed by atoms with Gasteiger partial charge in [0.05, 0.1) is 0 Å². The van der Waals surface area contributed by atoms with Crippen LogP contribution in [-0.2, 0) is 20.9 Å². The monoisotopic (exact) mass is 436 g/mol. The Bertz CT molecular complexity index is 958. The maximum atomic E-state index is 12.6. The summed E-state index contributed by atoms with van der Waals surface area (Å²) in [5.74, 6) is -1.14. The minimum atomic E-state index is -1.15. The molecule has 14 heteroatoms. The summed E-state index contributed by atoms with van der Waals surface area (Å²) in [5, 5.41) is 31.2. The minimum absolute atomic E-state index is 0.00605. The SMILES string of the molecule is CC1=NN=C(SCC2=C(C(=O)O)N3C(=O)C(NC(=O)Cn4cnnn4)C3SC2)C1. The van der Waals surface area contributed by atoms with Crippen LogP contribution in [0.5, 0.6) is 0 Å². The summed E-state index contributed by atoms with van der Waals surface area (Å²) >= 11 is 2.86. The van der Waals surface area contributed by atoms with Crippen LogP contribution in [-0.4, -0.2) is 81.7 Å². The van der Waals surface area contributed by atoms with E-state index < -0.39 is 29.2 Å². The third-order valence-corrected chi connectivity index (χ3v) is 6.81. The van der Waals surface area contributed by atoms with Gasteiger partial charge in [0.15, 0.2) is 0 Å². The number of fused-ring (bicyclic) bond motifs is 1. The summed E-state index contributed by atoms with van der Waals surface area (Å²) in [6.45, 7) is 1.76. The zero-order valence-corrected chi connectivity index (χ0v) is 16.8. The van der Waals surface area contributed by atoms with Crippen molar-refractivity contribution in [3.63, 3.8) is 0 Å². The number of tetrazole rings is 1. The van der Waals surface area contributed by atoms with E-state index in [1.54, 1.807) is 0 Å². The number of hydrogen-bond donors (Lipinski definition) is 2. The molecule has 4 rings (SSSR count). The number of carbonyl (C=O) groups excluding carboxylic acids is 2. The molecule has 2 N–H and O–H groups in total. The predicted octanol–water partition coefficient (Wildman–Crippen LogP) is -0.677. The molecule has 3 aliphatic rings. The predicted molar refractivity (Wildman–Crippen MR) is 105 cm³/mol. The number of rotatable bonds is 6. The normalized spacial score (nSPS) is 23.3. The molecule has 152 valence electrons. The Hall–Kier alpha value is -2.74. The summed E-state index contributed by atoms with van der Waals surface area (Å²) in [6.07, 6.45) is 1.95. The first-order valence-corrected chi connectivity index (χ1v) is 10.6. The van der Waals surface area contributed by atoms with Crippen LogP contribution >= 0.6 is 23.5 Å². The number of nitrogens with one attached hydrogen (secondary N) is 1. The number of carboxylic acid groups (broad SMARTS) is 1. The topological polar surface area (TPSA) is 155 Å². The van der Waals surface area contributed by atoms with Crippen molar-refractivity contribution in [1.29, 1.82) is 0 Å². The van der Waals surface area contributed by atoms with Crippen molar-refractivity contribution >= 4 is 52.1 Å². The summed E-state index contributed by atoms with van der Waals surface area (Å²) < 4.78 is 1.24. The van der Waals surface area contributed by atoms with Gasteiger partial charge in [-0.05, 0) is 22.9 Å². The highest BCUT2D eigenvalue weighted by molar-refractivity contribution is 8.14.